The third-order valence-corrected chi connectivity index (χ3v) is 11.5. The number of anilines is 3. The molecule has 8 aromatic carbocycles. The highest BCUT2D eigenvalue weighted by molar-refractivity contribution is 7.26. The predicted octanol–water partition coefficient (Wildman–Crippen LogP) is 13.4. The predicted molar refractivity (Wildman–Crippen MR) is 199 cm³/mol. The Balaban J connectivity index is 1.24. The van der Waals surface area contributed by atoms with E-state index >= 15 is 0 Å². The smallest absolute Gasteiger partial charge is 0.0554 e. The second-order valence-corrected chi connectivity index (χ2v) is 13.9. The monoisotopic (exact) mass is 607 g/mol. The van der Waals surface area contributed by atoms with Gasteiger partial charge in [0.05, 0.1) is 5.69 Å². The molecule has 0 bridgehead atoms. The number of hydrogen-bond donors (Lipinski definition) is 0. The lowest BCUT2D eigenvalue weighted by Crippen LogP contribution is -2.10. The summed E-state index contributed by atoms with van der Waals surface area (Å²) in [5, 5.41) is 13.0. The minimum atomic E-state index is 1.15. The second-order valence-electron chi connectivity index (χ2n) is 11.7. The summed E-state index contributed by atoms with van der Waals surface area (Å²) in [6, 6.07) is 56.0. The van der Waals surface area contributed by atoms with Gasteiger partial charge in [-0.05, 0) is 93.0 Å². The van der Waals surface area contributed by atoms with E-state index < -0.39 is 0 Å². The summed E-state index contributed by atoms with van der Waals surface area (Å²) >= 11 is 3.75. The Bertz CT molecular complexity index is 2770. The lowest BCUT2D eigenvalue weighted by atomic mass is 9.95. The Morgan fingerprint density at radius 3 is 1.84 bits per heavy atom. The normalized spacial score (nSPS) is 12.0. The summed E-state index contributed by atoms with van der Waals surface area (Å²) < 4.78 is 5.31. The van der Waals surface area contributed by atoms with Gasteiger partial charge in [-0.25, -0.2) is 0 Å². The van der Waals surface area contributed by atoms with Gasteiger partial charge in [0.25, 0.3) is 0 Å². The van der Waals surface area contributed by atoms with Gasteiger partial charge in [-0.3, -0.25) is 0 Å². The maximum Gasteiger partial charge on any atom is 0.0554 e. The Hall–Kier alpha value is -5.22. The Morgan fingerprint density at radius 1 is 0.333 bits per heavy atom. The van der Waals surface area contributed by atoms with Crippen molar-refractivity contribution in [2.45, 2.75) is 0 Å². The molecule has 45 heavy (non-hydrogen) atoms. The fourth-order valence-electron chi connectivity index (χ4n) is 7.18. The summed E-state index contributed by atoms with van der Waals surface area (Å²) in [5.41, 5.74) is 3.51. The molecule has 0 saturated heterocycles. The van der Waals surface area contributed by atoms with Crippen LogP contribution in [0, 0.1) is 0 Å². The molecule has 10 rings (SSSR count). The molecule has 0 radical (unpaired) electrons. The van der Waals surface area contributed by atoms with Crippen LogP contribution in [0.15, 0.2) is 152 Å². The molecule has 0 spiro atoms. The second kappa shape index (κ2) is 9.64. The maximum atomic E-state index is 2.43. The standard InChI is InChI=1S/C42H25NS2/c1-2-9-29(10-3-1)43(36-13-8-16-39-42(36)33-12-5-7-15-38(33)44-39)30-21-22-31-27(23-30)19-17-26-18-20-28-24-40-35(25-34(28)41(26)31)32-11-4-6-14-37(32)45-40/h1-25H. The molecule has 210 valence electrons. The van der Waals surface area contributed by atoms with E-state index in [1.807, 2.05) is 22.7 Å². The van der Waals surface area contributed by atoms with E-state index in [4.69, 9.17) is 0 Å². The molecule has 0 amide bonds. The topological polar surface area (TPSA) is 3.24 Å². The fraction of sp³-hybridized carbons (Fsp3) is 0. The van der Waals surface area contributed by atoms with Crippen LogP contribution in [0.5, 0.6) is 0 Å². The third-order valence-electron chi connectivity index (χ3n) is 9.19. The summed E-state index contributed by atoms with van der Waals surface area (Å²) in [6.45, 7) is 0. The van der Waals surface area contributed by atoms with Gasteiger partial charge in [0.2, 0.25) is 0 Å². The van der Waals surface area contributed by atoms with Gasteiger partial charge >= 0.3 is 0 Å². The highest BCUT2D eigenvalue weighted by atomic mass is 32.1. The van der Waals surface area contributed by atoms with Crippen LogP contribution in [0.3, 0.4) is 0 Å². The average Bonchev–Trinajstić information content (AvgIpc) is 3.66. The van der Waals surface area contributed by atoms with Gasteiger partial charge in [-0.15, -0.1) is 22.7 Å². The molecule has 0 fully saturated rings. The SMILES string of the molecule is c1ccc(N(c2ccc3c(ccc4ccc5cc6sc7ccccc7c6cc5c43)c2)c2cccc3sc4ccccc4c23)cc1. The summed E-state index contributed by atoms with van der Waals surface area (Å²) in [7, 11) is 0. The molecule has 10 aromatic rings. The van der Waals surface area contributed by atoms with E-state index in [9.17, 15) is 0 Å². The van der Waals surface area contributed by atoms with Crippen LogP contribution in [0.25, 0.3) is 72.7 Å². The van der Waals surface area contributed by atoms with Crippen LogP contribution in [0.4, 0.5) is 17.1 Å². The van der Waals surface area contributed by atoms with Crippen molar-refractivity contribution in [1.82, 2.24) is 0 Å². The van der Waals surface area contributed by atoms with Gasteiger partial charge in [-0.2, -0.15) is 0 Å². The molecular weight excluding hydrogens is 583 g/mol. The number of hydrogen-bond acceptors (Lipinski definition) is 3. The zero-order valence-corrected chi connectivity index (χ0v) is 25.8. The van der Waals surface area contributed by atoms with Gasteiger partial charge < -0.3 is 4.90 Å². The third kappa shape index (κ3) is 3.78. The number of para-hydroxylation sites is 1. The molecule has 0 unspecified atom stereocenters. The summed E-state index contributed by atoms with van der Waals surface area (Å²) in [5.74, 6) is 0. The number of rotatable bonds is 3. The highest BCUT2D eigenvalue weighted by Crippen LogP contribution is 2.46. The fourth-order valence-corrected chi connectivity index (χ4v) is 9.44. The molecule has 0 aliphatic rings. The number of benzene rings is 8. The molecule has 2 heterocycles. The van der Waals surface area contributed by atoms with Crippen molar-refractivity contribution in [2.24, 2.45) is 0 Å². The van der Waals surface area contributed by atoms with Gasteiger partial charge in [0, 0.05) is 51.7 Å². The number of nitrogens with zero attached hydrogens (tertiary/aromatic N) is 1. The van der Waals surface area contributed by atoms with Crippen LogP contribution < -0.4 is 4.90 Å². The molecule has 0 atom stereocenters. The number of fused-ring (bicyclic) bond motifs is 11. The maximum absolute atomic E-state index is 2.43. The first-order chi connectivity index (χ1) is 22.3. The van der Waals surface area contributed by atoms with Gasteiger partial charge in [-0.1, -0.05) is 91.0 Å². The van der Waals surface area contributed by atoms with Crippen LogP contribution in [-0.2, 0) is 0 Å². The Labute approximate surface area is 267 Å². The van der Waals surface area contributed by atoms with Crippen molar-refractivity contribution in [3.05, 3.63) is 152 Å². The molecular formula is C42H25NS2. The van der Waals surface area contributed by atoms with Crippen molar-refractivity contribution in [2.75, 3.05) is 4.90 Å². The minimum absolute atomic E-state index is 1.15. The van der Waals surface area contributed by atoms with E-state index in [-0.39, 0.29) is 0 Å². The number of thiophene rings is 2. The first-order valence-corrected chi connectivity index (χ1v) is 16.9. The first kappa shape index (κ1) is 25.1. The zero-order valence-electron chi connectivity index (χ0n) is 24.2. The van der Waals surface area contributed by atoms with E-state index in [2.05, 4.69) is 157 Å². The molecule has 2 aromatic heterocycles. The highest BCUT2D eigenvalue weighted by Gasteiger charge is 2.19. The largest absolute Gasteiger partial charge is 0.310 e. The zero-order chi connectivity index (χ0) is 29.5. The molecule has 0 saturated carbocycles. The molecule has 0 N–H and O–H groups in total. The molecule has 3 heteroatoms. The molecule has 0 aliphatic carbocycles. The Kier molecular flexibility index (Phi) is 5.39. The van der Waals surface area contributed by atoms with Gasteiger partial charge in [0.15, 0.2) is 0 Å². The lowest BCUT2D eigenvalue weighted by molar-refractivity contribution is 1.31. The van der Waals surface area contributed by atoms with Crippen molar-refractivity contribution in [1.29, 1.82) is 0 Å². The van der Waals surface area contributed by atoms with Crippen LogP contribution in [-0.4, -0.2) is 0 Å². The van der Waals surface area contributed by atoms with E-state index in [1.165, 1.54) is 78.3 Å². The van der Waals surface area contributed by atoms with Crippen molar-refractivity contribution < 1.29 is 0 Å². The first-order valence-electron chi connectivity index (χ1n) is 15.3. The van der Waals surface area contributed by atoms with E-state index in [0.29, 0.717) is 0 Å². The lowest BCUT2D eigenvalue weighted by Gasteiger charge is -2.27. The van der Waals surface area contributed by atoms with Crippen molar-refractivity contribution in [3.8, 4) is 0 Å². The van der Waals surface area contributed by atoms with E-state index in [1.54, 1.807) is 0 Å². The Morgan fingerprint density at radius 2 is 1.00 bits per heavy atom. The quantitative estimate of drug-likeness (QED) is 0.181. The van der Waals surface area contributed by atoms with Gasteiger partial charge in [0.1, 0.15) is 0 Å². The summed E-state index contributed by atoms with van der Waals surface area (Å²) in [4.78, 5) is 2.43. The van der Waals surface area contributed by atoms with Crippen LogP contribution >= 0.6 is 22.7 Å². The van der Waals surface area contributed by atoms with Crippen LogP contribution in [0.1, 0.15) is 0 Å². The van der Waals surface area contributed by atoms with Crippen molar-refractivity contribution >= 4 is 112 Å². The molecule has 0 aliphatic heterocycles. The average molecular weight is 608 g/mol. The van der Waals surface area contributed by atoms with Crippen molar-refractivity contribution in [3.63, 3.8) is 0 Å². The summed E-state index contributed by atoms with van der Waals surface area (Å²) in [6.07, 6.45) is 0. The van der Waals surface area contributed by atoms with Crippen LogP contribution in [0.2, 0.25) is 0 Å². The van der Waals surface area contributed by atoms with E-state index in [0.717, 1.165) is 11.4 Å². The molecule has 1 nitrogen and oxygen atoms in total. The minimum Gasteiger partial charge on any atom is -0.310 e.